The summed E-state index contributed by atoms with van der Waals surface area (Å²) in [5.74, 6) is -4.17. The topological polar surface area (TPSA) is 265 Å². The number of amides is 8. The van der Waals surface area contributed by atoms with Crippen LogP contribution in [0.2, 0.25) is 0 Å². The quantitative estimate of drug-likeness (QED) is 0.0476. The molecule has 0 bridgehead atoms. The number of carbonyl (C=O) groups excluding carboxylic acids is 9. The zero-order valence-electron chi connectivity index (χ0n) is 35.7. The number of nitrogens with two attached hydrogens (primary N) is 1. The molecule has 6 N–H and O–H groups in total. The van der Waals surface area contributed by atoms with Gasteiger partial charge in [-0.2, -0.15) is 0 Å². The number of carbonyl (C=O) groups is 9. The average molecular weight is 859 g/mol. The molecular weight excluding hydrogens is 796 g/mol. The molecule has 61 heavy (non-hydrogen) atoms. The van der Waals surface area contributed by atoms with E-state index in [9.17, 15) is 43.2 Å². The van der Waals surface area contributed by atoms with Gasteiger partial charge in [0.1, 0.15) is 0 Å². The van der Waals surface area contributed by atoms with Gasteiger partial charge in [0.2, 0.25) is 35.6 Å². The predicted octanol–water partition coefficient (Wildman–Crippen LogP) is 0.247. The molecule has 2 aliphatic rings. The molecule has 20 nitrogen and oxygen atoms in total. The fourth-order valence-corrected chi connectivity index (χ4v) is 6.65. The normalized spacial score (nSPS) is 15.8. The number of imide groups is 1. The second-order valence-electron chi connectivity index (χ2n) is 15.3. The van der Waals surface area contributed by atoms with Crippen molar-refractivity contribution >= 4 is 58.9 Å². The van der Waals surface area contributed by atoms with E-state index in [1.807, 2.05) is 7.05 Å². The first-order valence-electron chi connectivity index (χ1n) is 20.7. The van der Waals surface area contributed by atoms with E-state index < -0.39 is 41.9 Å². The Bertz CT molecular complexity index is 1670. The first-order valence-corrected chi connectivity index (χ1v) is 20.7. The van der Waals surface area contributed by atoms with Crippen LogP contribution >= 0.6 is 0 Å². The van der Waals surface area contributed by atoms with Gasteiger partial charge in [0.25, 0.3) is 5.91 Å². The average Bonchev–Trinajstić information content (AvgIpc) is 3.54. The minimum atomic E-state index is -1.16. The third-order valence-electron chi connectivity index (χ3n) is 10.1. The van der Waals surface area contributed by atoms with E-state index in [1.54, 1.807) is 43.0 Å². The first kappa shape index (κ1) is 49.9. The van der Waals surface area contributed by atoms with Gasteiger partial charge in [0, 0.05) is 102 Å². The van der Waals surface area contributed by atoms with Gasteiger partial charge in [-0.25, -0.2) is 4.79 Å². The highest BCUT2D eigenvalue weighted by molar-refractivity contribution is 6.02. The van der Waals surface area contributed by atoms with E-state index in [-0.39, 0.29) is 120 Å². The monoisotopic (exact) mass is 858 g/mol. The lowest BCUT2D eigenvalue weighted by molar-refractivity contribution is -0.160. The minimum Gasteiger partial charge on any atom is -0.447 e. The number of hydrogen-bond donors (Lipinski definition) is 5. The fourth-order valence-electron chi connectivity index (χ4n) is 6.65. The molecule has 2 fully saturated rings. The Kier molecular flexibility index (Phi) is 21.3. The summed E-state index contributed by atoms with van der Waals surface area (Å²) in [5, 5.41) is 10.7. The molecule has 2 aliphatic heterocycles. The van der Waals surface area contributed by atoms with Crippen LogP contribution in [0.15, 0.2) is 24.3 Å². The van der Waals surface area contributed by atoms with Crippen LogP contribution in [0.5, 0.6) is 0 Å². The molecule has 3 rings (SSSR count). The molecular formula is C41H62N8O12. The molecule has 0 saturated carbocycles. The molecule has 2 heterocycles. The summed E-state index contributed by atoms with van der Waals surface area (Å²) in [6.45, 7) is 8.26. The second kappa shape index (κ2) is 26.0. The fraction of sp³-hybridized carbons (Fsp3) is 0.634. The number of nitrogens with zero attached hydrogens (tertiary/aromatic N) is 3. The zero-order valence-corrected chi connectivity index (χ0v) is 35.7. The Hall–Kier alpha value is -5.47. The van der Waals surface area contributed by atoms with Gasteiger partial charge in [-0.3, -0.25) is 43.3 Å². The lowest BCUT2D eigenvalue weighted by Gasteiger charge is -2.34. The lowest BCUT2D eigenvalue weighted by atomic mass is 9.89. The van der Waals surface area contributed by atoms with E-state index in [0.717, 1.165) is 4.90 Å². The van der Waals surface area contributed by atoms with Crippen molar-refractivity contribution < 1.29 is 57.4 Å². The van der Waals surface area contributed by atoms with E-state index in [2.05, 4.69) is 26.2 Å². The minimum absolute atomic E-state index is 0.0129. The number of nitrogens with one attached hydrogen (secondary N) is 4. The summed E-state index contributed by atoms with van der Waals surface area (Å²) in [5.41, 5.74) is 6.00. The molecule has 8 amide bonds. The number of primary amides is 1. The van der Waals surface area contributed by atoms with E-state index in [4.69, 9.17) is 19.9 Å². The van der Waals surface area contributed by atoms with Gasteiger partial charge >= 0.3 is 12.0 Å². The highest BCUT2D eigenvalue weighted by Crippen LogP contribution is 2.25. The van der Waals surface area contributed by atoms with Gasteiger partial charge in [-0.05, 0) is 37.9 Å². The number of benzene rings is 1. The van der Waals surface area contributed by atoms with Crippen molar-refractivity contribution in [3.8, 4) is 0 Å². The number of anilines is 1. The summed E-state index contributed by atoms with van der Waals surface area (Å²) in [6, 6.07) is 4.72. The predicted molar refractivity (Wildman–Crippen MR) is 220 cm³/mol. The highest BCUT2D eigenvalue weighted by Gasteiger charge is 2.32. The molecule has 1 aromatic carbocycles. The number of ketones is 1. The summed E-state index contributed by atoms with van der Waals surface area (Å²) < 4.78 is 16.4. The molecule has 2 saturated heterocycles. The van der Waals surface area contributed by atoms with Crippen LogP contribution in [0.25, 0.3) is 0 Å². The lowest BCUT2D eigenvalue weighted by Crippen LogP contribution is -2.49. The van der Waals surface area contributed by atoms with Crippen molar-refractivity contribution in [2.45, 2.75) is 77.9 Å². The third kappa shape index (κ3) is 18.0. The Labute approximate surface area is 356 Å². The van der Waals surface area contributed by atoms with E-state index >= 15 is 0 Å². The number of likely N-dealkylation sites (N-methyl/N-ethyl adjacent to an activating group) is 1. The molecule has 0 aromatic heterocycles. The van der Waals surface area contributed by atoms with Crippen molar-refractivity contribution in [1.29, 1.82) is 0 Å². The molecule has 0 radical (unpaired) electrons. The van der Waals surface area contributed by atoms with Crippen LogP contribution in [-0.4, -0.2) is 153 Å². The van der Waals surface area contributed by atoms with Gasteiger partial charge in [0.15, 0.2) is 5.78 Å². The largest absolute Gasteiger partial charge is 0.447 e. The Morgan fingerprint density at radius 1 is 0.803 bits per heavy atom. The smallest absolute Gasteiger partial charge is 0.312 e. The molecule has 0 aliphatic carbocycles. The summed E-state index contributed by atoms with van der Waals surface area (Å²) in [4.78, 5) is 117. The summed E-state index contributed by atoms with van der Waals surface area (Å²) >= 11 is 0. The molecule has 3 atom stereocenters. The number of urea groups is 1. The summed E-state index contributed by atoms with van der Waals surface area (Å²) in [6.07, 6.45) is -0.475. The summed E-state index contributed by atoms with van der Waals surface area (Å²) in [7, 11) is 1.96. The maximum Gasteiger partial charge on any atom is 0.312 e. The van der Waals surface area contributed by atoms with E-state index in [0.29, 0.717) is 43.9 Å². The van der Waals surface area contributed by atoms with Gasteiger partial charge in [-0.1, -0.05) is 26.0 Å². The number of hydrogen-bond acceptors (Lipinski definition) is 13. The number of piperazine rings is 1. The third-order valence-corrected chi connectivity index (χ3v) is 10.1. The van der Waals surface area contributed by atoms with Crippen molar-refractivity contribution in [2.24, 2.45) is 17.6 Å². The molecule has 20 heteroatoms. The van der Waals surface area contributed by atoms with Crippen LogP contribution in [0.3, 0.4) is 0 Å². The number of likely N-dealkylation sites (tertiary alicyclic amines) is 1. The van der Waals surface area contributed by atoms with Crippen LogP contribution in [-0.2, 0) is 52.6 Å². The number of rotatable bonds is 26. The van der Waals surface area contributed by atoms with Crippen LogP contribution < -0.4 is 27.0 Å². The van der Waals surface area contributed by atoms with Crippen LogP contribution in [0.4, 0.5) is 10.5 Å². The van der Waals surface area contributed by atoms with E-state index in [1.165, 1.54) is 6.92 Å². The molecule has 1 aromatic rings. The van der Waals surface area contributed by atoms with Gasteiger partial charge in [0.05, 0.1) is 32.5 Å². The van der Waals surface area contributed by atoms with Gasteiger partial charge < -0.3 is 51.0 Å². The molecule has 1 unspecified atom stereocenters. The molecule has 0 spiro atoms. The van der Waals surface area contributed by atoms with Crippen LogP contribution in [0.1, 0.15) is 77.4 Å². The van der Waals surface area contributed by atoms with Crippen molar-refractivity contribution in [3.05, 3.63) is 29.8 Å². The Balaban J connectivity index is 1.47. The first-order chi connectivity index (χ1) is 29.0. The van der Waals surface area contributed by atoms with Crippen LogP contribution in [0, 0.1) is 11.8 Å². The maximum absolute atomic E-state index is 13.6. The van der Waals surface area contributed by atoms with Crippen molar-refractivity contribution in [2.75, 3.05) is 84.6 Å². The molecule has 338 valence electrons. The highest BCUT2D eigenvalue weighted by atomic mass is 16.5. The zero-order chi connectivity index (χ0) is 44.9. The number of esters is 1. The maximum atomic E-state index is 13.6. The number of Topliss-reactive ketones (excluding diaryl/α,β-unsaturated/α-hetero) is 1. The van der Waals surface area contributed by atoms with Crippen molar-refractivity contribution in [3.63, 3.8) is 0 Å². The Morgan fingerprint density at radius 3 is 2.05 bits per heavy atom. The standard InChI is InChI=1S/C41H62N8O12/c1-27(2)37(46-34(53)14-22-59-24-25-60-23-16-43-33(52)13-17-49-35(54)11-12-36(49)55)32(51)26-30(6-5-15-44-41(42)58)39(56)45-31-9-7-29(8-10-31)38(61-28(3)50)40(57)48-20-18-47(4)19-21-48/h7-10,27,30,37-38H,5-6,11-26H2,1-4H3,(H,43,52)(H,45,56)(H,46,53)(H3,42,44,58)/t30-,37+,38?/m1/s1. The SMILES string of the molecule is CC(=O)OC(C(=O)N1CCN(C)CC1)c1ccc(NC(=O)[C@H](CCCNC(N)=O)CC(=O)[C@@H](NC(=O)CCOCCOCCNC(=O)CCN2C(=O)CCC2=O)C(C)C)cc1. The van der Waals surface area contributed by atoms with Gasteiger partial charge in [-0.15, -0.1) is 0 Å². The Morgan fingerprint density at radius 2 is 1.44 bits per heavy atom. The van der Waals surface area contributed by atoms with Crippen molar-refractivity contribution in [1.82, 2.24) is 30.7 Å². The second-order valence-corrected chi connectivity index (χ2v) is 15.3. The number of ether oxygens (including phenoxy) is 3.